The Labute approximate surface area is 173 Å². The van der Waals surface area contributed by atoms with Gasteiger partial charge in [0.2, 0.25) is 5.91 Å². The van der Waals surface area contributed by atoms with Crippen LogP contribution in [0.4, 0.5) is 5.69 Å². The van der Waals surface area contributed by atoms with Crippen LogP contribution >= 0.6 is 0 Å². The Hall–Kier alpha value is -2.53. The summed E-state index contributed by atoms with van der Waals surface area (Å²) < 4.78 is 11.1. The first-order valence-corrected chi connectivity index (χ1v) is 10.7. The van der Waals surface area contributed by atoms with E-state index in [1.54, 1.807) is 0 Å². The van der Waals surface area contributed by atoms with Crippen molar-refractivity contribution in [2.45, 2.75) is 51.6 Å². The molecule has 0 spiro atoms. The average molecular weight is 395 g/mol. The summed E-state index contributed by atoms with van der Waals surface area (Å²) in [6, 6.07) is 14.8. The molecule has 29 heavy (non-hydrogen) atoms. The fraction of sp³-hybridized carbons (Fsp3) is 0.458. The number of ether oxygens (including phenoxy) is 2. The fourth-order valence-corrected chi connectivity index (χ4v) is 4.05. The van der Waals surface area contributed by atoms with Gasteiger partial charge in [0.1, 0.15) is 13.2 Å². The van der Waals surface area contributed by atoms with Crippen LogP contribution in [0.25, 0.3) is 0 Å². The van der Waals surface area contributed by atoms with Crippen molar-refractivity contribution >= 4 is 11.6 Å². The van der Waals surface area contributed by atoms with Gasteiger partial charge in [0, 0.05) is 24.7 Å². The number of piperidine rings is 1. The van der Waals surface area contributed by atoms with E-state index in [0.29, 0.717) is 32.1 Å². The molecule has 0 aliphatic carbocycles. The molecular weight excluding hydrogens is 364 g/mol. The zero-order valence-corrected chi connectivity index (χ0v) is 17.2. The molecule has 1 N–H and O–H groups in total. The van der Waals surface area contributed by atoms with Gasteiger partial charge in [-0.1, -0.05) is 24.6 Å². The molecule has 2 heterocycles. The van der Waals surface area contributed by atoms with Gasteiger partial charge >= 0.3 is 0 Å². The van der Waals surface area contributed by atoms with E-state index >= 15 is 0 Å². The summed E-state index contributed by atoms with van der Waals surface area (Å²) >= 11 is 0. The van der Waals surface area contributed by atoms with E-state index in [9.17, 15) is 4.79 Å². The summed E-state index contributed by atoms with van der Waals surface area (Å²) in [5, 5.41) is 3.01. The largest absolute Gasteiger partial charge is 0.486 e. The number of rotatable bonds is 6. The second-order valence-electron chi connectivity index (χ2n) is 8.04. The molecule has 5 heteroatoms. The van der Waals surface area contributed by atoms with Crippen LogP contribution in [0.3, 0.4) is 0 Å². The molecule has 1 amide bonds. The second kappa shape index (κ2) is 9.31. The first-order chi connectivity index (χ1) is 14.2. The SMILES string of the molecule is CC1CCCCN1Cc1ccc(NC(=O)CCc2ccc3c(c2)OCCO3)cc1. The highest BCUT2D eigenvalue weighted by Gasteiger charge is 2.18. The van der Waals surface area contributed by atoms with Crippen LogP contribution in [0.5, 0.6) is 11.5 Å². The quantitative estimate of drug-likeness (QED) is 0.789. The fourth-order valence-electron chi connectivity index (χ4n) is 4.05. The van der Waals surface area contributed by atoms with Gasteiger partial charge < -0.3 is 14.8 Å². The molecule has 154 valence electrons. The first-order valence-electron chi connectivity index (χ1n) is 10.7. The molecule has 1 fully saturated rings. The maximum Gasteiger partial charge on any atom is 0.224 e. The maximum absolute atomic E-state index is 12.3. The van der Waals surface area contributed by atoms with E-state index in [-0.39, 0.29) is 5.91 Å². The average Bonchev–Trinajstić information content (AvgIpc) is 2.75. The number of nitrogens with one attached hydrogen (secondary N) is 1. The minimum absolute atomic E-state index is 0.0253. The Kier molecular flexibility index (Phi) is 6.35. The Morgan fingerprint density at radius 2 is 1.79 bits per heavy atom. The number of fused-ring (bicyclic) bond motifs is 1. The number of hydrogen-bond acceptors (Lipinski definition) is 4. The monoisotopic (exact) mass is 394 g/mol. The van der Waals surface area contributed by atoms with Crippen LogP contribution in [0.15, 0.2) is 42.5 Å². The number of carbonyl (C=O) groups excluding carboxylic acids is 1. The van der Waals surface area contributed by atoms with Crippen molar-refractivity contribution < 1.29 is 14.3 Å². The minimum atomic E-state index is 0.0253. The Morgan fingerprint density at radius 1 is 1.03 bits per heavy atom. The van der Waals surface area contributed by atoms with Gasteiger partial charge in [-0.3, -0.25) is 9.69 Å². The predicted octanol–water partition coefficient (Wildman–Crippen LogP) is 4.40. The molecule has 2 aliphatic heterocycles. The number of amides is 1. The van der Waals surface area contributed by atoms with Crippen molar-refractivity contribution in [1.29, 1.82) is 0 Å². The first kappa shape index (κ1) is 19.8. The lowest BCUT2D eigenvalue weighted by atomic mass is 10.0. The van der Waals surface area contributed by atoms with Crippen molar-refractivity contribution in [2.75, 3.05) is 25.1 Å². The van der Waals surface area contributed by atoms with Crippen molar-refractivity contribution in [3.63, 3.8) is 0 Å². The highest BCUT2D eigenvalue weighted by molar-refractivity contribution is 5.90. The Balaban J connectivity index is 1.26. The van der Waals surface area contributed by atoms with Gasteiger partial charge in [0.15, 0.2) is 11.5 Å². The van der Waals surface area contributed by atoms with E-state index < -0.39 is 0 Å². The third-order valence-electron chi connectivity index (χ3n) is 5.81. The van der Waals surface area contributed by atoms with Crippen molar-refractivity contribution in [3.8, 4) is 11.5 Å². The number of nitrogens with zero attached hydrogens (tertiary/aromatic N) is 1. The second-order valence-corrected chi connectivity index (χ2v) is 8.04. The summed E-state index contributed by atoms with van der Waals surface area (Å²) in [5.41, 5.74) is 3.23. The lowest BCUT2D eigenvalue weighted by Crippen LogP contribution is -2.36. The van der Waals surface area contributed by atoms with Gasteiger partial charge in [-0.15, -0.1) is 0 Å². The van der Waals surface area contributed by atoms with E-state index in [1.807, 2.05) is 30.3 Å². The summed E-state index contributed by atoms with van der Waals surface area (Å²) in [7, 11) is 0. The summed E-state index contributed by atoms with van der Waals surface area (Å²) in [6.07, 6.45) is 5.04. The number of benzene rings is 2. The lowest BCUT2D eigenvalue weighted by Gasteiger charge is -2.33. The molecule has 0 saturated carbocycles. The summed E-state index contributed by atoms with van der Waals surface area (Å²) in [6.45, 7) is 5.64. The maximum atomic E-state index is 12.3. The number of aryl methyl sites for hydroxylation is 1. The van der Waals surface area contributed by atoms with Crippen LogP contribution in [0.2, 0.25) is 0 Å². The number of hydrogen-bond donors (Lipinski definition) is 1. The molecule has 0 bridgehead atoms. The van der Waals surface area contributed by atoms with Crippen LogP contribution in [-0.2, 0) is 17.8 Å². The van der Waals surface area contributed by atoms with E-state index in [4.69, 9.17) is 9.47 Å². The van der Waals surface area contributed by atoms with Crippen molar-refractivity contribution in [1.82, 2.24) is 4.90 Å². The smallest absolute Gasteiger partial charge is 0.224 e. The van der Waals surface area contributed by atoms with Gasteiger partial charge in [-0.25, -0.2) is 0 Å². The van der Waals surface area contributed by atoms with Gasteiger partial charge in [0.05, 0.1) is 0 Å². The van der Waals surface area contributed by atoms with Crippen LogP contribution in [-0.4, -0.2) is 36.6 Å². The standard InChI is InChI=1S/C24H30N2O3/c1-18-4-2-3-13-26(18)17-20-5-9-21(10-6-20)25-24(27)12-8-19-7-11-22-23(16-19)29-15-14-28-22/h5-7,9-11,16,18H,2-4,8,12-15,17H2,1H3,(H,25,27). The van der Waals surface area contributed by atoms with Crippen LogP contribution in [0, 0.1) is 0 Å². The number of anilines is 1. The molecule has 1 atom stereocenters. The summed E-state index contributed by atoms with van der Waals surface area (Å²) in [5.74, 6) is 1.58. The third-order valence-corrected chi connectivity index (χ3v) is 5.81. The van der Waals surface area contributed by atoms with Crippen LogP contribution < -0.4 is 14.8 Å². The third kappa shape index (κ3) is 5.30. The molecule has 0 aromatic heterocycles. The topological polar surface area (TPSA) is 50.8 Å². The van der Waals surface area contributed by atoms with Gasteiger partial charge in [-0.05, 0) is 68.1 Å². The van der Waals surface area contributed by atoms with Crippen molar-refractivity contribution in [3.05, 3.63) is 53.6 Å². The predicted molar refractivity (Wildman–Crippen MR) is 115 cm³/mol. The molecule has 4 rings (SSSR count). The normalized spacial score (nSPS) is 19.0. The molecule has 2 aliphatic rings. The highest BCUT2D eigenvalue weighted by atomic mass is 16.6. The molecule has 2 aromatic rings. The van der Waals surface area contributed by atoms with E-state index in [0.717, 1.165) is 29.3 Å². The van der Waals surface area contributed by atoms with E-state index in [1.165, 1.54) is 31.4 Å². The zero-order chi connectivity index (χ0) is 20.1. The molecule has 1 unspecified atom stereocenters. The van der Waals surface area contributed by atoms with Crippen LogP contribution in [0.1, 0.15) is 43.7 Å². The molecular formula is C24H30N2O3. The molecule has 0 radical (unpaired) electrons. The van der Waals surface area contributed by atoms with Gasteiger partial charge in [0.25, 0.3) is 0 Å². The van der Waals surface area contributed by atoms with Gasteiger partial charge in [-0.2, -0.15) is 0 Å². The Morgan fingerprint density at radius 3 is 2.59 bits per heavy atom. The summed E-state index contributed by atoms with van der Waals surface area (Å²) in [4.78, 5) is 14.9. The lowest BCUT2D eigenvalue weighted by molar-refractivity contribution is -0.116. The Bertz CT molecular complexity index is 835. The number of carbonyl (C=O) groups is 1. The minimum Gasteiger partial charge on any atom is -0.486 e. The highest BCUT2D eigenvalue weighted by Crippen LogP contribution is 2.31. The van der Waals surface area contributed by atoms with E-state index in [2.05, 4.69) is 29.3 Å². The molecule has 2 aromatic carbocycles. The molecule has 1 saturated heterocycles. The molecule has 5 nitrogen and oxygen atoms in total. The zero-order valence-electron chi connectivity index (χ0n) is 17.2. The van der Waals surface area contributed by atoms with Crippen molar-refractivity contribution in [2.24, 2.45) is 0 Å². The number of likely N-dealkylation sites (tertiary alicyclic amines) is 1.